The van der Waals surface area contributed by atoms with Crippen molar-refractivity contribution >= 4 is 11.4 Å². The molecule has 0 saturated carbocycles. The van der Waals surface area contributed by atoms with Crippen LogP contribution in [0.15, 0.2) is 66.7 Å². The molecule has 2 nitrogen and oxygen atoms in total. The summed E-state index contributed by atoms with van der Waals surface area (Å²) in [7, 11) is 8.41. The van der Waals surface area contributed by atoms with Gasteiger partial charge in [0.25, 0.3) is 0 Å². The highest BCUT2D eigenvalue weighted by molar-refractivity contribution is 5.64. The molecule has 144 valence electrons. The minimum Gasteiger partial charge on any atom is -0.378 e. The number of rotatable bonds is 3. The lowest BCUT2D eigenvalue weighted by Gasteiger charge is -2.40. The van der Waals surface area contributed by atoms with Crippen LogP contribution in [0, 0.1) is 0 Å². The molecule has 0 heterocycles. The van der Waals surface area contributed by atoms with E-state index in [4.69, 9.17) is 0 Å². The molecular formula is C26H30N2. The van der Waals surface area contributed by atoms with Crippen LogP contribution >= 0.6 is 0 Å². The summed E-state index contributed by atoms with van der Waals surface area (Å²) in [4.78, 5) is 4.34. The molecule has 1 unspecified atom stereocenters. The van der Waals surface area contributed by atoms with Crippen molar-refractivity contribution in [1.82, 2.24) is 0 Å². The molecule has 0 aromatic heterocycles. The first-order valence-corrected chi connectivity index (χ1v) is 9.99. The average Bonchev–Trinajstić information content (AvgIpc) is 2.68. The molecule has 1 aliphatic rings. The summed E-state index contributed by atoms with van der Waals surface area (Å²) in [6.45, 7) is 4.71. The van der Waals surface area contributed by atoms with E-state index in [1.165, 1.54) is 39.2 Å². The van der Waals surface area contributed by atoms with Gasteiger partial charge in [0.15, 0.2) is 0 Å². The zero-order valence-electron chi connectivity index (χ0n) is 17.8. The molecule has 0 radical (unpaired) electrons. The molecule has 0 aliphatic heterocycles. The Morgan fingerprint density at radius 1 is 0.643 bits per heavy atom. The van der Waals surface area contributed by atoms with Crippen molar-refractivity contribution in [3.8, 4) is 0 Å². The van der Waals surface area contributed by atoms with Gasteiger partial charge in [0.2, 0.25) is 0 Å². The zero-order chi connectivity index (χ0) is 20.1. The van der Waals surface area contributed by atoms with Crippen molar-refractivity contribution in [3.63, 3.8) is 0 Å². The molecule has 0 spiro atoms. The van der Waals surface area contributed by atoms with Gasteiger partial charge in [0, 0.05) is 50.9 Å². The molecule has 3 aromatic carbocycles. The van der Waals surface area contributed by atoms with E-state index in [0.717, 1.165) is 0 Å². The van der Waals surface area contributed by atoms with Crippen LogP contribution in [0.5, 0.6) is 0 Å². The summed E-state index contributed by atoms with van der Waals surface area (Å²) in [5, 5.41) is 0. The fourth-order valence-electron chi connectivity index (χ4n) is 4.57. The second-order valence-electron chi connectivity index (χ2n) is 8.80. The maximum Gasteiger partial charge on any atom is 0.0364 e. The fraction of sp³-hybridized carbons (Fsp3) is 0.308. The minimum absolute atomic E-state index is 0.0158. The van der Waals surface area contributed by atoms with Crippen LogP contribution in [0.3, 0.4) is 0 Å². The van der Waals surface area contributed by atoms with E-state index in [9.17, 15) is 0 Å². The third-order valence-electron chi connectivity index (χ3n) is 6.23. The Labute approximate surface area is 169 Å². The molecule has 2 heteroatoms. The van der Waals surface area contributed by atoms with Crippen LogP contribution in [-0.4, -0.2) is 28.2 Å². The van der Waals surface area contributed by atoms with Crippen molar-refractivity contribution in [2.45, 2.75) is 25.2 Å². The van der Waals surface area contributed by atoms with Crippen molar-refractivity contribution in [2.75, 3.05) is 38.0 Å². The van der Waals surface area contributed by atoms with Gasteiger partial charge in [0.05, 0.1) is 0 Å². The summed E-state index contributed by atoms with van der Waals surface area (Å²) in [5.41, 5.74) is 9.54. The van der Waals surface area contributed by atoms with E-state index in [1.807, 2.05) is 0 Å². The van der Waals surface area contributed by atoms with Gasteiger partial charge in [0.1, 0.15) is 0 Å². The van der Waals surface area contributed by atoms with Crippen LogP contribution in [0.4, 0.5) is 11.4 Å². The Kier molecular flexibility index (Phi) is 4.45. The van der Waals surface area contributed by atoms with Crippen LogP contribution in [-0.2, 0) is 5.41 Å². The van der Waals surface area contributed by atoms with Gasteiger partial charge in [-0.25, -0.2) is 0 Å². The molecule has 28 heavy (non-hydrogen) atoms. The molecule has 0 N–H and O–H groups in total. The summed E-state index contributed by atoms with van der Waals surface area (Å²) in [6, 6.07) is 25.0. The Balaban J connectivity index is 1.95. The molecule has 3 aromatic rings. The minimum atomic E-state index is -0.0158. The van der Waals surface area contributed by atoms with Gasteiger partial charge in [-0.2, -0.15) is 0 Å². The van der Waals surface area contributed by atoms with E-state index in [2.05, 4.69) is 119 Å². The molecule has 0 fully saturated rings. The van der Waals surface area contributed by atoms with E-state index in [-0.39, 0.29) is 11.3 Å². The third kappa shape index (κ3) is 2.88. The Bertz CT molecular complexity index is 997. The Morgan fingerprint density at radius 3 is 1.86 bits per heavy atom. The maximum atomic E-state index is 2.38. The van der Waals surface area contributed by atoms with Gasteiger partial charge in [-0.1, -0.05) is 56.3 Å². The summed E-state index contributed by atoms with van der Waals surface area (Å²) in [6.07, 6.45) is 0. The van der Waals surface area contributed by atoms with Crippen LogP contribution in [0.25, 0.3) is 0 Å². The number of nitrogens with zero attached hydrogens (tertiary/aromatic N) is 2. The largest absolute Gasteiger partial charge is 0.378 e. The normalized spacial score (nSPS) is 16.9. The second kappa shape index (κ2) is 6.70. The number of benzene rings is 3. The lowest BCUT2D eigenvalue weighted by atomic mass is 9.64. The van der Waals surface area contributed by atoms with Crippen molar-refractivity contribution in [1.29, 1.82) is 0 Å². The summed E-state index contributed by atoms with van der Waals surface area (Å²) < 4.78 is 0. The molecule has 0 amide bonds. The van der Waals surface area contributed by atoms with Gasteiger partial charge in [-0.3, -0.25) is 0 Å². The molecule has 4 rings (SSSR count). The predicted octanol–water partition coefficient (Wildman–Crippen LogP) is 5.64. The highest BCUT2D eigenvalue weighted by Gasteiger charge is 2.38. The fourth-order valence-corrected chi connectivity index (χ4v) is 4.57. The van der Waals surface area contributed by atoms with Gasteiger partial charge in [-0.05, 0) is 52.1 Å². The number of fused-ring (bicyclic) bond motifs is 2. The first-order valence-electron chi connectivity index (χ1n) is 9.99. The highest BCUT2D eigenvalue weighted by atomic mass is 15.1. The Hall–Kier alpha value is -2.74. The quantitative estimate of drug-likeness (QED) is 0.589. The van der Waals surface area contributed by atoms with Crippen molar-refractivity contribution in [2.24, 2.45) is 0 Å². The van der Waals surface area contributed by atoms with E-state index < -0.39 is 0 Å². The van der Waals surface area contributed by atoms with Crippen LogP contribution in [0.2, 0.25) is 0 Å². The van der Waals surface area contributed by atoms with Crippen LogP contribution < -0.4 is 9.80 Å². The Morgan fingerprint density at radius 2 is 1.21 bits per heavy atom. The SMILES string of the molecule is CN(C)c1ccc(C2c3ccccc3C(C)(C)c3cc(N(C)C)ccc32)cc1. The lowest BCUT2D eigenvalue weighted by molar-refractivity contribution is 0.597. The zero-order valence-corrected chi connectivity index (χ0v) is 17.8. The summed E-state index contributed by atoms with van der Waals surface area (Å²) in [5.74, 6) is 0.270. The molecule has 1 aliphatic carbocycles. The highest BCUT2D eigenvalue weighted by Crippen LogP contribution is 2.49. The van der Waals surface area contributed by atoms with Crippen LogP contribution in [0.1, 0.15) is 47.6 Å². The third-order valence-corrected chi connectivity index (χ3v) is 6.23. The molecule has 1 atom stereocenters. The smallest absolute Gasteiger partial charge is 0.0364 e. The molecule has 0 bridgehead atoms. The van der Waals surface area contributed by atoms with Crippen molar-refractivity contribution < 1.29 is 0 Å². The molecular weight excluding hydrogens is 340 g/mol. The van der Waals surface area contributed by atoms with Crippen molar-refractivity contribution in [3.05, 3.63) is 94.5 Å². The van der Waals surface area contributed by atoms with Gasteiger partial charge >= 0.3 is 0 Å². The first-order chi connectivity index (χ1) is 13.3. The summed E-state index contributed by atoms with van der Waals surface area (Å²) >= 11 is 0. The number of hydrogen-bond acceptors (Lipinski definition) is 2. The molecule has 0 saturated heterocycles. The van der Waals surface area contributed by atoms with E-state index in [1.54, 1.807) is 0 Å². The van der Waals surface area contributed by atoms with Gasteiger partial charge < -0.3 is 9.80 Å². The first kappa shape index (κ1) is 18.6. The predicted molar refractivity (Wildman–Crippen MR) is 121 cm³/mol. The average molecular weight is 371 g/mol. The monoisotopic (exact) mass is 370 g/mol. The number of hydrogen-bond donors (Lipinski definition) is 0. The van der Waals surface area contributed by atoms with E-state index >= 15 is 0 Å². The number of anilines is 2. The second-order valence-corrected chi connectivity index (χ2v) is 8.80. The lowest BCUT2D eigenvalue weighted by Crippen LogP contribution is -2.30. The van der Waals surface area contributed by atoms with E-state index in [0.29, 0.717) is 0 Å². The standard InChI is InChI=1S/C26H30N2/c1-26(2)23-10-8-7-9-21(23)25(18-11-13-19(14-12-18)27(3)4)22-16-15-20(28(5)6)17-24(22)26/h7-17,25H,1-6H3. The van der Waals surface area contributed by atoms with Gasteiger partial charge in [-0.15, -0.1) is 0 Å². The maximum absolute atomic E-state index is 2.38. The topological polar surface area (TPSA) is 6.48 Å².